The molecule has 8 nitrogen and oxygen atoms in total. The van der Waals surface area contributed by atoms with Crippen molar-refractivity contribution in [3.63, 3.8) is 0 Å². The Morgan fingerprint density at radius 2 is 1.96 bits per heavy atom. The van der Waals surface area contributed by atoms with Crippen molar-refractivity contribution in [1.82, 2.24) is 9.13 Å². The number of esters is 1. The van der Waals surface area contributed by atoms with E-state index < -0.39 is 29.6 Å². The number of ketones is 1. The van der Waals surface area contributed by atoms with Crippen LogP contribution >= 0.6 is 0 Å². The summed E-state index contributed by atoms with van der Waals surface area (Å²) in [6.07, 6.45) is 3.35. The molecule has 0 aliphatic rings. The molecular weight excluding hydrogens is 362 g/mol. The Balaban J connectivity index is 2.16. The van der Waals surface area contributed by atoms with Gasteiger partial charge >= 0.3 is 11.7 Å². The summed E-state index contributed by atoms with van der Waals surface area (Å²) in [5.41, 5.74) is 5.96. The van der Waals surface area contributed by atoms with Crippen LogP contribution in [-0.2, 0) is 23.1 Å². The van der Waals surface area contributed by atoms with Crippen molar-refractivity contribution in [2.24, 2.45) is 7.05 Å². The number of nitrogens with zero attached hydrogens (tertiary/aromatic N) is 2. The molecule has 0 spiro atoms. The third kappa shape index (κ3) is 4.64. The van der Waals surface area contributed by atoms with Crippen LogP contribution in [-0.4, -0.2) is 27.5 Å². The van der Waals surface area contributed by atoms with Gasteiger partial charge in [-0.05, 0) is 25.0 Å². The molecule has 0 atom stereocenters. The molecule has 148 valence electrons. The maximum Gasteiger partial charge on any atom is 0.332 e. The fourth-order valence-electron chi connectivity index (χ4n) is 2.68. The number of carbonyl (C=O) groups excluding carboxylic acids is 2. The highest BCUT2D eigenvalue weighted by molar-refractivity contribution is 6.01. The van der Waals surface area contributed by atoms with Crippen molar-refractivity contribution >= 4 is 23.6 Å². The Bertz CT molecular complexity index is 1050. The first-order valence-electron chi connectivity index (χ1n) is 8.80. The molecule has 0 aliphatic carbocycles. The minimum absolute atomic E-state index is 0.216. The number of hydrogen-bond donors (Lipinski definition) is 1. The molecule has 1 aromatic heterocycles. The first kappa shape index (κ1) is 20.9. The number of aromatic nitrogens is 2. The normalized spacial score (nSPS) is 11.0. The third-order valence-electron chi connectivity index (χ3n) is 4.11. The molecule has 1 aromatic carbocycles. The second kappa shape index (κ2) is 8.98. The van der Waals surface area contributed by atoms with Crippen molar-refractivity contribution in [3.8, 4) is 0 Å². The summed E-state index contributed by atoms with van der Waals surface area (Å²) < 4.78 is 6.90. The Hall–Kier alpha value is -3.42. The van der Waals surface area contributed by atoms with Gasteiger partial charge in [0.1, 0.15) is 11.4 Å². The van der Waals surface area contributed by atoms with E-state index in [2.05, 4.69) is 0 Å². The topological polar surface area (TPSA) is 113 Å². The van der Waals surface area contributed by atoms with Crippen LogP contribution in [0, 0.1) is 6.92 Å². The van der Waals surface area contributed by atoms with Gasteiger partial charge in [0, 0.05) is 19.7 Å². The highest BCUT2D eigenvalue weighted by Crippen LogP contribution is 2.08. The zero-order valence-electron chi connectivity index (χ0n) is 16.1. The summed E-state index contributed by atoms with van der Waals surface area (Å²) in [5, 5.41) is 0. The Labute approximate surface area is 161 Å². The van der Waals surface area contributed by atoms with Crippen LogP contribution in [0.1, 0.15) is 34.8 Å². The first-order chi connectivity index (χ1) is 13.3. The number of benzene rings is 1. The number of hydrogen-bond acceptors (Lipinski definition) is 6. The van der Waals surface area contributed by atoms with Gasteiger partial charge in [-0.3, -0.25) is 18.7 Å². The van der Waals surface area contributed by atoms with Gasteiger partial charge in [0.25, 0.3) is 5.56 Å². The molecule has 0 fully saturated rings. The Kier molecular flexibility index (Phi) is 6.70. The minimum Gasteiger partial charge on any atom is -0.454 e. The van der Waals surface area contributed by atoms with Crippen LogP contribution in [0.25, 0.3) is 6.08 Å². The van der Waals surface area contributed by atoms with E-state index in [0.29, 0.717) is 6.42 Å². The molecule has 0 radical (unpaired) electrons. The molecule has 1 heterocycles. The lowest BCUT2D eigenvalue weighted by atomic mass is 10.1. The molecular formula is C20H23N3O5. The smallest absolute Gasteiger partial charge is 0.332 e. The fraction of sp³-hybridized carbons (Fsp3) is 0.300. The molecule has 28 heavy (non-hydrogen) atoms. The summed E-state index contributed by atoms with van der Waals surface area (Å²) in [6.45, 7) is 3.37. The minimum atomic E-state index is -0.814. The van der Waals surface area contributed by atoms with E-state index in [4.69, 9.17) is 10.5 Å². The summed E-state index contributed by atoms with van der Waals surface area (Å²) in [7, 11) is 1.27. The number of rotatable bonds is 7. The predicted octanol–water partition coefficient (Wildman–Crippen LogP) is 1.29. The van der Waals surface area contributed by atoms with E-state index in [1.165, 1.54) is 13.1 Å². The molecule has 0 saturated heterocycles. The number of aryl methyl sites for hydroxylation is 1. The van der Waals surface area contributed by atoms with Gasteiger partial charge in [0.2, 0.25) is 5.78 Å². The van der Waals surface area contributed by atoms with Crippen LogP contribution < -0.4 is 17.0 Å². The SMILES string of the molecule is CCCn1c(N)c(C(=O)COC(=O)/C=C/c2cccc(C)c2)c(=O)n(C)c1=O. The van der Waals surface area contributed by atoms with Gasteiger partial charge in [-0.2, -0.15) is 0 Å². The monoisotopic (exact) mass is 385 g/mol. The van der Waals surface area contributed by atoms with E-state index >= 15 is 0 Å². The van der Waals surface area contributed by atoms with E-state index in [-0.39, 0.29) is 17.9 Å². The first-order valence-corrected chi connectivity index (χ1v) is 8.80. The van der Waals surface area contributed by atoms with Crippen LogP contribution in [0.3, 0.4) is 0 Å². The number of anilines is 1. The predicted molar refractivity (Wildman–Crippen MR) is 106 cm³/mol. The molecule has 0 amide bonds. The molecule has 0 bridgehead atoms. The van der Waals surface area contributed by atoms with Crippen molar-refractivity contribution in [1.29, 1.82) is 0 Å². The summed E-state index contributed by atoms with van der Waals surface area (Å²) in [6, 6.07) is 7.49. The van der Waals surface area contributed by atoms with E-state index in [0.717, 1.165) is 20.3 Å². The lowest BCUT2D eigenvalue weighted by Crippen LogP contribution is -2.43. The Morgan fingerprint density at radius 1 is 1.25 bits per heavy atom. The number of ether oxygens (including phenoxy) is 1. The number of carbonyl (C=O) groups is 2. The molecule has 2 aromatic rings. The third-order valence-corrected chi connectivity index (χ3v) is 4.11. The molecule has 2 rings (SSSR count). The van der Waals surface area contributed by atoms with E-state index in [1.807, 2.05) is 38.1 Å². The average molecular weight is 385 g/mol. The van der Waals surface area contributed by atoms with E-state index in [9.17, 15) is 19.2 Å². The van der Waals surface area contributed by atoms with Gasteiger partial charge in [0.05, 0.1) is 0 Å². The summed E-state index contributed by atoms with van der Waals surface area (Å²) in [5.74, 6) is -1.71. The molecule has 0 saturated carbocycles. The van der Waals surface area contributed by atoms with Crippen LogP contribution in [0.15, 0.2) is 39.9 Å². The maximum absolute atomic E-state index is 12.4. The maximum atomic E-state index is 12.4. The number of Topliss-reactive ketones (excluding diaryl/α,β-unsaturated/α-hetero) is 1. The second-order valence-corrected chi connectivity index (χ2v) is 6.34. The van der Waals surface area contributed by atoms with Crippen LogP contribution in [0.5, 0.6) is 0 Å². The van der Waals surface area contributed by atoms with Gasteiger partial charge < -0.3 is 10.5 Å². The van der Waals surface area contributed by atoms with Crippen molar-refractivity contribution in [3.05, 3.63) is 67.9 Å². The van der Waals surface area contributed by atoms with Crippen molar-refractivity contribution < 1.29 is 14.3 Å². The van der Waals surface area contributed by atoms with Gasteiger partial charge in [-0.25, -0.2) is 9.59 Å². The Morgan fingerprint density at radius 3 is 2.61 bits per heavy atom. The molecule has 0 unspecified atom stereocenters. The lowest BCUT2D eigenvalue weighted by Gasteiger charge is -2.13. The van der Waals surface area contributed by atoms with Gasteiger partial charge in [-0.1, -0.05) is 36.8 Å². The lowest BCUT2D eigenvalue weighted by molar-refractivity contribution is -0.136. The van der Waals surface area contributed by atoms with Crippen LogP contribution in [0.4, 0.5) is 5.82 Å². The quantitative estimate of drug-likeness (QED) is 0.436. The summed E-state index contributed by atoms with van der Waals surface area (Å²) in [4.78, 5) is 48.7. The highest BCUT2D eigenvalue weighted by Gasteiger charge is 2.22. The van der Waals surface area contributed by atoms with Crippen molar-refractivity contribution in [2.75, 3.05) is 12.3 Å². The molecule has 0 aliphatic heterocycles. The van der Waals surface area contributed by atoms with Crippen molar-refractivity contribution in [2.45, 2.75) is 26.8 Å². The van der Waals surface area contributed by atoms with Gasteiger partial charge in [0.15, 0.2) is 6.61 Å². The second-order valence-electron chi connectivity index (χ2n) is 6.34. The van der Waals surface area contributed by atoms with E-state index in [1.54, 1.807) is 6.08 Å². The number of nitrogen functional groups attached to an aromatic ring is 1. The zero-order valence-corrected chi connectivity index (χ0v) is 16.1. The zero-order chi connectivity index (χ0) is 20.8. The van der Waals surface area contributed by atoms with Crippen LogP contribution in [0.2, 0.25) is 0 Å². The number of nitrogens with two attached hydrogens (primary N) is 1. The summed E-state index contributed by atoms with van der Waals surface area (Å²) >= 11 is 0. The molecule has 2 N–H and O–H groups in total. The largest absolute Gasteiger partial charge is 0.454 e. The standard InChI is InChI=1S/C20H23N3O5/c1-4-10-23-18(21)17(19(26)22(3)20(23)27)15(24)12-28-16(25)9-8-14-7-5-6-13(2)11-14/h5-9,11H,4,10,12,21H2,1-3H3/b9-8+. The van der Waals surface area contributed by atoms with Gasteiger partial charge in [-0.15, -0.1) is 0 Å². The fourth-order valence-corrected chi connectivity index (χ4v) is 2.68. The average Bonchev–Trinajstić information content (AvgIpc) is 2.66. The molecule has 8 heteroatoms. The highest BCUT2D eigenvalue weighted by atomic mass is 16.5.